The molecule has 17 heavy (non-hydrogen) atoms. The van der Waals surface area contributed by atoms with E-state index in [1.807, 2.05) is 0 Å². The first-order valence-electron chi connectivity index (χ1n) is 5.64. The molecule has 1 aliphatic heterocycles. The van der Waals surface area contributed by atoms with Gasteiger partial charge >= 0.3 is 5.97 Å². The summed E-state index contributed by atoms with van der Waals surface area (Å²) in [6, 6.07) is 0. The maximum absolute atomic E-state index is 11.2. The molecule has 0 aliphatic carbocycles. The third-order valence-corrected chi connectivity index (χ3v) is 2.55. The Kier molecular flexibility index (Phi) is 5.65. The molecule has 0 spiro atoms. The van der Waals surface area contributed by atoms with E-state index in [2.05, 4.69) is 17.1 Å². The molecule has 6 nitrogen and oxygen atoms in total. The number of nitrogens with zero attached hydrogens (tertiary/aromatic N) is 1. The lowest BCUT2D eigenvalue weighted by Gasteiger charge is -2.31. The zero-order valence-electron chi connectivity index (χ0n) is 9.89. The van der Waals surface area contributed by atoms with Crippen LogP contribution in [0.3, 0.4) is 0 Å². The Labute approximate surface area is 100 Å². The highest BCUT2D eigenvalue weighted by Gasteiger charge is 2.19. The van der Waals surface area contributed by atoms with Crippen molar-refractivity contribution < 1.29 is 19.4 Å². The zero-order chi connectivity index (χ0) is 12.7. The summed E-state index contributed by atoms with van der Waals surface area (Å²) in [5.74, 6) is -1.55. The molecule has 0 radical (unpaired) electrons. The number of aliphatic carboxylic acids is 1. The third kappa shape index (κ3) is 5.46. The minimum atomic E-state index is -1.13. The van der Waals surface area contributed by atoms with E-state index in [0.29, 0.717) is 13.2 Å². The van der Waals surface area contributed by atoms with Crippen molar-refractivity contribution in [2.24, 2.45) is 0 Å². The summed E-state index contributed by atoms with van der Waals surface area (Å²) in [5, 5.41) is 11.0. The normalized spacial score (nSPS) is 21.6. The number of hydrogen-bond donors (Lipinski definition) is 2. The number of morpholine rings is 1. The Bertz CT molecular complexity index is 304. The largest absolute Gasteiger partial charge is 0.478 e. The average Bonchev–Trinajstić information content (AvgIpc) is 2.34. The molecule has 0 bridgehead atoms. The average molecular weight is 242 g/mol. The Balaban J connectivity index is 2.25. The van der Waals surface area contributed by atoms with Gasteiger partial charge in [0.15, 0.2) is 0 Å². The van der Waals surface area contributed by atoms with Crippen LogP contribution in [0.25, 0.3) is 0 Å². The van der Waals surface area contributed by atoms with Crippen molar-refractivity contribution in [2.45, 2.75) is 13.0 Å². The molecule has 1 amide bonds. The van der Waals surface area contributed by atoms with Crippen LogP contribution in [-0.4, -0.2) is 60.8 Å². The number of amides is 1. The highest BCUT2D eigenvalue weighted by Crippen LogP contribution is 2.03. The van der Waals surface area contributed by atoms with Crippen LogP contribution in [0.2, 0.25) is 0 Å². The Morgan fingerprint density at radius 3 is 2.94 bits per heavy atom. The Morgan fingerprint density at radius 2 is 2.29 bits per heavy atom. The van der Waals surface area contributed by atoms with Gasteiger partial charge in [0, 0.05) is 31.8 Å². The number of carboxylic acid groups (broad SMARTS) is 1. The minimum absolute atomic E-state index is 0.0223. The molecular formula is C11H18N2O4. The predicted molar refractivity (Wildman–Crippen MR) is 61.6 cm³/mol. The molecular weight excluding hydrogens is 224 g/mol. The van der Waals surface area contributed by atoms with Crippen LogP contribution < -0.4 is 5.32 Å². The monoisotopic (exact) mass is 242 g/mol. The lowest BCUT2D eigenvalue weighted by atomic mass is 10.2. The number of ether oxygens (including phenoxy) is 1. The lowest BCUT2D eigenvalue weighted by molar-refractivity contribution is -0.131. The molecule has 1 rings (SSSR count). The highest BCUT2D eigenvalue weighted by molar-refractivity contribution is 5.93. The zero-order valence-corrected chi connectivity index (χ0v) is 9.89. The van der Waals surface area contributed by atoms with E-state index in [1.165, 1.54) is 0 Å². The Hall–Kier alpha value is -1.40. The van der Waals surface area contributed by atoms with E-state index in [1.54, 1.807) is 0 Å². The van der Waals surface area contributed by atoms with Crippen LogP contribution in [0.15, 0.2) is 12.2 Å². The maximum atomic E-state index is 11.2. The fraction of sp³-hybridized carbons (Fsp3) is 0.636. The second-order valence-electron chi connectivity index (χ2n) is 3.80. The third-order valence-electron chi connectivity index (χ3n) is 2.55. The molecule has 1 unspecified atom stereocenters. The van der Waals surface area contributed by atoms with Crippen molar-refractivity contribution in [1.82, 2.24) is 10.2 Å². The van der Waals surface area contributed by atoms with Crippen LogP contribution in [0.1, 0.15) is 6.92 Å². The summed E-state index contributed by atoms with van der Waals surface area (Å²) >= 11 is 0. The summed E-state index contributed by atoms with van der Waals surface area (Å²) in [4.78, 5) is 23.6. The van der Waals surface area contributed by atoms with Gasteiger partial charge in [0.25, 0.3) is 0 Å². The van der Waals surface area contributed by atoms with Gasteiger partial charge in [-0.25, -0.2) is 4.79 Å². The van der Waals surface area contributed by atoms with Crippen molar-refractivity contribution in [3.05, 3.63) is 12.2 Å². The van der Waals surface area contributed by atoms with Crippen molar-refractivity contribution in [2.75, 3.05) is 32.8 Å². The predicted octanol–water partition coefficient (Wildman–Crippen LogP) is -0.536. The van der Waals surface area contributed by atoms with Gasteiger partial charge in [-0.05, 0) is 6.54 Å². The van der Waals surface area contributed by atoms with Gasteiger partial charge in [-0.15, -0.1) is 0 Å². The number of hydrogen-bond acceptors (Lipinski definition) is 4. The molecule has 0 saturated carbocycles. The van der Waals surface area contributed by atoms with Gasteiger partial charge in [0.2, 0.25) is 5.91 Å². The van der Waals surface area contributed by atoms with E-state index >= 15 is 0 Å². The minimum Gasteiger partial charge on any atom is -0.478 e. The first-order chi connectivity index (χ1) is 8.11. The van der Waals surface area contributed by atoms with Crippen LogP contribution in [0.5, 0.6) is 0 Å². The molecule has 1 fully saturated rings. The molecule has 1 heterocycles. The van der Waals surface area contributed by atoms with Crippen molar-refractivity contribution in [1.29, 1.82) is 0 Å². The topological polar surface area (TPSA) is 78.9 Å². The summed E-state index contributed by atoms with van der Waals surface area (Å²) in [6.07, 6.45) is 1.80. The van der Waals surface area contributed by atoms with Gasteiger partial charge in [-0.1, -0.05) is 6.92 Å². The number of carbonyl (C=O) groups excluding carboxylic acids is 1. The molecule has 1 saturated heterocycles. The first kappa shape index (κ1) is 13.7. The number of carboxylic acids is 1. The smallest absolute Gasteiger partial charge is 0.328 e. The standard InChI is InChI=1S/C11H18N2O4/c1-2-13-5-6-17-9(8-13)7-12-10(14)3-4-11(15)16/h3-4,9H,2,5-8H2,1H3,(H,12,14)(H,15,16)/b4-3+. The van der Waals surface area contributed by atoms with Gasteiger partial charge in [-0.2, -0.15) is 0 Å². The van der Waals surface area contributed by atoms with E-state index in [-0.39, 0.29) is 6.10 Å². The SMILES string of the molecule is CCN1CCOC(CNC(=O)/C=C/C(=O)O)C1. The Morgan fingerprint density at radius 1 is 1.53 bits per heavy atom. The van der Waals surface area contributed by atoms with E-state index in [9.17, 15) is 9.59 Å². The van der Waals surface area contributed by atoms with Crippen molar-refractivity contribution in [3.8, 4) is 0 Å². The van der Waals surface area contributed by atoms with Gasteiger partial charge in [0.1, 0.15) is 0 Å². The maximum Gasteiger partial charge on any atom is 0.328 e. The second-order valence-corrected chi connectivity index (χ2v) is 3.80. The molecule has 96 valence electrons. The number of rotatable bonds is 5. The molecule has 1 aliphatic rings. The molecule has 0 aromatic heterocycles. The number of carbonyl (C=O) groups is 2. The lowest BCUT2D eigenvalue weighted by Crippen LogP contribution is -2.47. The van der Waals surface area contributed by atoms with E-state index in [0.717, 1.165) is 31.8 Å². The van der Waals surface area contributed by atoms with Crippen LogP contribution in [0, 0.1) is 0 Å². The first-order valence-corrected chi connectivity index (χ1v) is 5.64. The molecule has 0 aromatic carbocycles. The van der Waals surface area contributed by atoms with E-state index < -0.39 is 11.9 Å². The molecule has 6 heteroatoms. The molecule has 0 aromatic rings. The number of likely N-dealkylation sites (N-methyl/N-ethyl adjacent to an activating group) is 1. The summed E-state index contributed by atoms with van der Waals surface area (Å²) in [6.45, 7) is 5.82. The van der Waals surface area contributed by atoms with Gasteiger partial charge < -0.3 is 15.2 Å². The van der Waals surface area contributed by atoms with Crippen molar-refractivity contribution in [3.63, 3.8) is 0 Å². The van der Waals surface area contributed by atoms with Gasteiger partial charge in [-0.3, -0.25) is 9.69 Å². The van der Waals surface area contributed by atoms with Crippen LogP contribution in [-0.2, 0) is 14.3 Å². The molecule has 2 N–H and O–H groups in total. The fourth-order valence-corrected chi connectivity index (χ4v) is 1.61. The molecule has 1 atom stereocenters. The van der Waals surface area contributed by atoms with Gasteiger partial charge in [0.05, 0.1) is 12.7 Å². The summed E-state index contributed by atoms with van der Waals surface area (Å²) in [5.41, 5.74) is 0. The quantitative estimate of drug-likeness (QED) is 0.633. The highest BCUT2D eigenvalue weighted by atomic mass is 16.5. The fourth-order valence-electron chi connectivity index (χ4n) is 1.61. The van der Waals surface area contributed by atoms with E-state index in [4.69, 9.17) is 9.84 Å². The summed E-state index contributed by atoms with van der Waals surface area (Å²) in [7, 11) is 0. The summed E-state index contributed by atoms with van der Waals surface area (Å²) < 4.78 is 5.49. The van der Waals surface area contributed by atoms with Crippen molar-refractivity contribution >= 4 is 11.9 Å². The number of nitrogens with one attached hydrogen (secondary N) is 1. The second kappa shape index (κ2) is 7.03. The van der Waals surface area contributed by atoms with Crippen LogP contribution >= 0.6 is 0 Å². The van der Waals surface area contributed by atoms with Crippen LogP contribution in [0.4, 0.5) is 0 Å².